The standard InChI is InChI=1S/C25H37N3O/c1-3-25(20-13-15-24(16-14-20)29-23-11-7-8-12-23)26-17-21-18-28(27-19(21)2)22-9-5-4-6-10-22/h13-16,18,22-23,25-26H,3-12,17H2,1-2H3. The van der Waals surface area contributed by atoms with Crippen molar-refractivity contribution in [3.05, 3.63) is 47.3 Å². The fourth-order valence-electron chi connectivity index (χ4n) is 4.93. The van der Waals surface area contributed by atoms with Crippen molar-refractivity contribution in [2.24, 2.45) is 0 Å². The molecule has 1 unspecified atom stereocenters. The van der Waals surface area contributed by atoms with Crippen molar-refractivity contribution in [2.75, 3.05) is 0 Å². The highest BCUT2D eigenvalue weighted by Gasteiger charge is 2.19. The molecule has 0 bridgehead atoms. The molecule has 1 atom stereocenters. The molecule has 1 aromatic carbocycles. The van der Waals surface area contributed by atoms with Gasteiger partial charge in [0.05, 0.1) is 17.8 Å². The van der Waals surface area contributed by atoms with Crippen LogP contribution in [-0.2, 0) is 6.54 Å². The van der Waals surface area contributed by atoms with Gasteiger partial charge in [-0.25, -0.2) is 0 Å². The van der Waals surface area contributed by atoms with Gasteiger partial charge < -0.3 is 10.1 Å². The molecule has 0 amide bonds. The molecule has 0 saturated heterocycles. The summed E-state index contributed by atoms with van der Waals surface area (Å²) in [5.41, 5.74) is 3.83. The highest BCUT2D eigenvalue weighted by molar-refractivity contribution is 5.29. The first-order valence-corrected chi connectivity index (χ1v) is 11.8. The molecule has 1 aromatic heterocycles. The molecule has 4 rings (SSSR count). The molecule has 1 heterocycles. The lowest BCUT2D eigenvalue weighted by molar-refractivity contribution is 0.210. The van der Waals surface area contributed by atoms with Crippen LogP contribution in [0.2, 0.25) is 0 Å². The third kappa shape index (κ3) is 5.22. The van der Waals surface area contributed by atoms with E-state index in [1.165, 1.54) is 74.6 Å². The van der Waals surface area contributed by atoms with Crippen LogP contribution in [0.25, 0.3) is 0 Å². The van der Waals surface area contributed by atoms with Crippen molar-refractivity contribution in [3.63, 3.8) is 0 Å². The van der Waals surface area contributed by atoms with Crippen LogP contribution in [0, 0.1) is 6.92 Å². The smallest absolute Gasteiger partial charge is 0.119 e. The van der Waals surface area contributed by atoms with Crippen LogP contribution < -0.4 is 10.1 Å². The van der Waals surface area contributed by atoms with E-state index in [1.807, 2.05) is 0 Å². The lowest BCUT2D eigenvalue weighted by Crippen LogP contribution is -2.20. The lowest BCUT2D eigenvalue weighted by Gasteiger charge is -2.21. The van der Waals surface area contributed by atoms with Gasteiger partial charge in [-0.3, -0.25) is 4.68 Å². The molecule has 4 nitrogen and oxygen atoms in total. The van der Waals surface area contributed by atoms with E-state index in [2.05, 4.69) is 54.3 Å². The van der Waals surface area contributed by atoms with Gasteiger partial charge in [0.25, 0.3) is 0 Å². The molecule has 2 aliphatic rings. The number of hydrogen-bond donors (Lipinski definition) is 1. The Labute approximate surface area is 176 Å². The number of hydrogen-bond acceptors (Lipinski definition) is 3. The van der Waals surface area contributed by atoms with Crippen LogP contribution in [0.1, 0.15) is 100 Å². The minimum absolute atomic E-state index is 0.355. The van der Waals surface area contributed by atoms with Crippen LogP contribution in [0.3, 0.4) is 0 Å². The average Bonchev–Trinajstić information content (AvgIpc) is 3.40. The third-order valence-electron chi connectivity index (χ3n) is 6.80. The molecule has 2 aromatic rings. The van der Waals surface area contributed by atoms with E-state index in [0.717, 1.165) is 18.7 Å². The van der Waals surface area contributed by atoms with Gasteiger partial charge in [0.2, 0.25) is 0 Å². The molecule has 2 saturated carbocycles. The van der Waals surface area contributed by atoms with Crippen LogP contribution in [-0.4, -0.2) is 15.9 Å². The number of rotatable bonds is 8. The summed E-state index contributed by atoms with van der Waals surface area (Å²) in [6, 6.07) is 9.70. The zero-order valence-electron chi connectivity index (χ0n) is 18.2. The summed E-state index contributed by atoms with van der Waals surface area (Å²) < 4.78 is 8.36. The Morgan fingerprint density at radius 3 is 2.41 bits per heavy atom. The Kier molecular flexibility index (Phi) is 6.91. The van der Waals surface area contributed by atoms with Gasteiger partial charge in [0.1, 0.15) is 5.75 Å². The van der Waals surface area contributed by atoms with Gasteiger partial charge in [-0.05, 0) is 69.6 Å². The summed E-state index contributed by atoms with van der Waals surface area (Å²) in [6.45, 7) is 5.27. The molecule has 1 N–H and O–H groups in total. The maximum atomic E-state index is 6.12. The largest absolute Gasteiger partial charge is 0.490 e. The molecular weight excluding hydrogens is 358 g/mol. The average molecular weight is 396 g/mol. The van der Waals surface area contributed by atoms with Crippen molar-refractivity contribution in [1.82, 2.24) is 15.1 Å². The van der Waals surface area contributed by atoms with Gasteiger partial charge >= 0.3 is 0 Å². The first-order chi connectivity index (χ1) is 14.2. The minimum Gasteiger partial charge on any atom is -0.490 e. The van der Waals surface area contributed by atoms with Gasteiger partial charge in [0, 0.05) is 24.3 Å². The maximum absolute atomic E-state index is 6.12. The first kappa shape index (κ1) is 20.5. The van der Waals surface area contributed by atoms with E-state index in [0.29, 0.717) is 18.2 Å². The van der Waals surface area contributed by atoms with E-state index < -0.39 is 0 Å². The monoisotopic (exact) mass is 395 g/mol. The summed E-state index contributed by atoms with van der Waals surface area (Å²) >= 11 is 0. The molecule has 4 heteroatoms. The predicted octanol–water partition coefficient (Wildman–Crippen LogP) is 6.26. The van der Waals surface area contributed by atoms with Crippen LogP contribution in [0.5, 0.6) is 5.75 Å². The van der Waals surface area contributed by atoms with E-state index in [4.69, 9.17) is 9.84 Å². The number of ether oxygens (including phenoxy) is 1. The third-order valence-corrected chi connectivity index (χ3v) is 6.80. The molecule has 0 spiro atoms. The highest BCUT2D eigenvalue weighted by Crippen LogP contribution is 2.29. The van der Waals surface area contributed by atoms with Crippen LogP contribution >= 0.6 is 0 Å². The molecule has 0 radical (unpaired) electrons. The van der Waals surface area contributed by atoms with E-state index in [9.17, 15) is 0 Å². The number of nitrogens with zero attached hydrogens (tertiary/aromatic N) is 2. The predicted molar refractivity (Wildman–Crippen MR) is 118 cm³/mol. The Morgan fingerprint density at radius 1 is 1.03 bits per heavy atom. The van der Waals surface area contributed by atoms with Gasteiger partial charge in [-0.1, -0.05) is 38.3 Å². The van der Waals surface area contributed by atoms with E-state index in [1.54, 1.807) is 0 Å². The van der Waals surface area contributed by atoms with Gasteiger partial charge in [-0.15, -0.1) is 0 Å². The fourth-order valence-corrected chi connectivity index (χ4v) is 4.93. The molecule has 29 heavy (non-hydrogen) atoms. The zero-order chi connectivity index (χ0) is 20.1. The summed E-state index contributed by atoms with van der Waals surface area (Å²) in [5.74, 6) is 1.01. The first-order valence-electron chi connectivity index (χ1n) is 11.8. The number of benzene rings is 1. The van der Waals surface area contributed by atoms with E-state index in [-0.39, 0.29) is 0 Å². The summed E-state index contributed by atoms with van der Waals surface area (Å²) in [7, 11) is 0. The van der Waals surface area contributed by atoms with Gasteiger partial charge in [-0.2, -0.15) is 5.10 Å². The Balaban J connectivity index is 1.34. The summed E-state index contributed by atoms with van der Waals surface area (Å²) in [4.78, 5) is 0. The lowest BCUT2D eigenvalue weighted by atomic mass is 9.96. The van der Waals surface area contributed by atoms with Crippen molar-refractivity contribution < 1.29 is 4.74 Å². The SMILES string of the molecule is CCC(NCc1cn(C2CCCCC2)nc1C)c1ccc(OC2CCCC2)cc1. The summed E-state index contributed by atoms with van der Waals surface area (Å²) in [6.07, 6.45) is 15.4. The topological polar surface area (TPSA) is 39.1 Å². The molecule has 0 aliphatic heterocycles. The van der Waals surface area contributed by atoms with E-state index >= 15 is 0 Å². The molecule has 2 fully saturated rings. The van der Waals surface area contributed by atoms with Gasteiger partial charge in [0.15, 0.2) is 0 Å². The fraction of sp³-hybridized carbons (Fsp3) is 0.640. The molecule has 158 valence electrons. The number of aryl methyl sites for hydroxylation is 1. The number of nitrogens with one attached hydrogen (secondary N) is 1. The maximum Gasteiger partial charge on any atom is 0.119 e. The Hall–Kier alpha value is -1.81. The second-order valence-electron chi connectivity index (χ2n) is 8.95. The normalized spacial score (nSPS) is 19.5. The minimum atomic E-state index is 0.355. The summed E-state index contributed by atoms with van der Waals surface area (Å²) in [5, 5.41) is 8.59. The Bertz CT molecular complexity index is 755. The van der Waals surface area contributed by atoms with Crippen LogP contribution in [0.4, 0.5) is 0 Å². The van der Waals surface area contributed by atoms with Crippen molar-refractivity contribution in [1.29, 1.82) is 0 Å². The number of aromatic nitrogens is 2. The van der Waals surface area contributed by atoms with Crippen LogP contribution in [0.15, 0.2) is 30.5 Å². The second kappa shape index (κ2) is 9.80. The second-order valence-corrected chi connectivity index (χ2v) is 8.95. The van der Waals surface area contributed by atoms with Crippen molar-refractivity contribution >= 4 is 0 Å². The quantitative estimate of drug-likeness (QED) is 0.573. The van der Waals surface area contributed by atoms with Crippen molar-refractivity contribution in [3.8, 4) is 5.75 Å². The molecule has 2 aliphatic carbocycles. The zero-order valence-corrected chi connectivity index (χ0v) is 18.2. The molecular formula is C25H37N3O. The highest BCUT2D eigenvalue weighted by atomic mass is 16.5. The van der Waals surface area contributed by atoms with Crippen molar-refractivity contribution in [2.45, 2.75) is 103 Å². The Morgan fingerprint density at radius 2 is 1.72 bits per heavy atom.